The zero-order valence-corrected chi connectivity index (χ0v) is 10.2. The quantitative estimate of drug-likeness (QED) is 0.831. The predicted molar refractivity (Wildman–Crippen MR) is 71.5 cm³/mol. The van der Waals surface area contributed by atoms with Crippen LogP contribution in [0.5, 0.6) is 0 Å². The number of rotatable bonds is 1. The Labute approximate surface area is 105 Å². The molecule has 0 spiro atoms. The van der Waals surface area contributed by atoms with Crippen molar-refractivity contribution in [2.24, 2.45) is 5.73 Å². The lowest BCUT2D eigenvalue weighted by Crippen LogP contribution is -2.35. The van der Waals surface area contributed by atoms with Gasteiger partial charge in [-0.15, -0.1) is 0 Å². The van der Waals surface area contributed by atoms with Gasteiger partial charge in [-0.05, 0) is 31.7 Å². The molecule has 4 nitrogen and oxygen atoms in total. The fourth-order valence-corrected chi connectivity index (χ4v) is 2.79. The van der Waals surface area contributed by atoms with E-state index in [0.29, 0.717) is 0 Å². The molecule has 1 aromatic carbocycles. The molecule has 0 radical (unpaired) electrons. The van der Waals surface area contributed by atoms with E-state index in [9.17, 15) is 4.79 Å². The zero-order chi connectivity index (χ0) is 12.5. The topological polar surface area (TPSA) is 60.9 Å². The Morgan fingerprint density at radius 1 is 1.28 bits per heavy atom. The van der Waals surface area contributed by atoms with Crippen LogP contribution in [-0.2, 0) is 0 Å². The minimum atomic E-state index is 0.00667. The Kier molecular flexibility index (Phi) is 2.88. The average Bonchev–Trinajstić information content (AvgIpc) is 2.39. The van der Waals surface area contributed by atoms with Gasteiger partial charge in [-0.25, -0.2) is 4.68 Å². The molecule has 0 aliphatic heterocycles. The van der Waals surface area contributed by atoms with Crippen LogP contribution < -0.4 is 11.3 Å². The first-order valence-corrected chi connectivity index (χ1v) is 6.48. The first-order chi connectivity index (χ1) is 8.75. The first-order valence-electron chi connectivity index (χ1n) is 6.48. The van der Waals surface area contributed by atoms with Gasteiger partial charge in [0.15, 0.2) is 0 Å². The fraction of sp³-hybridized carbons (Fsp3) is 0.429. The highest BCUT2D eigenvalue weighted by molar-refractivity contribution is 5.80. The van der Waals surface area contributed by atoms with Gasteiger partial charge in [0.2, 0.25) is 0 Å². The zero-order valence-electron chi connectivity index (χ0n) is 10.2. The van der Waals surface area contributed by atoms with E-state index in [1.165, 1.54) is 0 Å². The minimum absolute atomic E-state index is 0.00667. The maximum atomic E-state index is 12.4. The van der Waals surface area contributed by atoms with Gasteiger partial charge in [0.05, 0.1) is 17.6 Å². The summed E-state index contributed by atoms with van der Waals surface area (Å²) in [5.74, 6) is 0. The average molecular weight is 243 g/mol. The molecule has 3 rings (SSSR count). The largest absolute Gasteiger partial charge is 0.328 e. The van der Waals surface area contributed by atoms with Gasteiger partial charge in [-0.2, -0.15) is 5.10 Å². The van der Waals surface area contributed by atoms with E-state index < -0.39 is 0 Å². The molecule has 2 aromatic rings. The third-order valence-electron chi connectivity index (χ3n) is 3.75. The molecular formula is C14H17N3O. The summed E-state index contributed by atoms with van der Waals surface area (Å²) in [5, 5.41) is 5.96. The number of hydrogen-bond acceptors (Lipinski definition) is 3. The van der Waals surface area contributed by atoms with Crippen molar-refractivity contribution in [3.8, 4) is 0 Å². The van der Waals surface area contributed by atoms with Crippen molar-refractivity contribution in [3.05, 3.63) is 40.8 Å². The van der Waals surface area contributed by atoms with Gasteiger partial charge in [0.1, 0.15) is 0 Å². The molecule has 2 unspecified atom stereocenters. The van der Waals surface area contributed by atoms with Gasteiger partial charge < -0.3 is 5.73 Å². The minimum Gasteiger partial charge on any atom is -0.328 e. The Hall–Kier alpha value is -1.68. The Bertz CT molecular complexity index is 620. The molecule has 0 saturated heterocycles. The molecule has 2 atom stereocenters. The molecular weight excluding hydrogens is 226 g/mol. The molecule has 1 fully saturated rings. The van der Waals surface area contributed by atoms with Crippen LogP contribution in [0.2, 0.25) is 0 Å². The van der Waals surface area contributed by atoms with Gasteiger partial charge in [-0.1, -0.05) is 18.2 Å². The van der Waals surface area contributed by atoms with E-state index in [1.807, 2.05) is 24.3 Å². The highest BCUT2D eigenvalue weighted by Gasteiger charge is 2.22. The van der Waals surface area contributed by atoms with E-state index >= 15 is 0 Å². The highest BCUT2D eigenvalue weighted by atomic mass is 16.1. The van der Waals surface area contributed by atoms with E-state index in [0.717, 1.165) is 36.5 Å². The highest BCUT2D eigenvalue weighted by Crippen LogP contribution is 2.26. The van der Waals surface area contributed by atoms with Crippen LogP contribution in [0, 0.1) is 0 Å². The number of benzene rings is 1. The molecule has 2 N–H and O–H groups in total. The molecule has 0 amide bonds. The second kappa shape index (κ2) is 4.53. The van der Waals surface area contributed by atoms with Crippen LogP contribution in [0.1, 0.15) is 31.7 Å². The third-order valence-corrected chi connectivity index (χ3v) is 3.75. The maximum Gasteiger partial charge on any atom is 0.274 e. The molecule has 94 valence electrons. The summed E-state index contributed by atoms with van der Waals surface area (Å²) in [7, 11) is 0. The summed E-state index contributed by atoms with van der Waals surface area (Å²) in [6.45, 7) is 0. The molecule has 1 saturated carbocycles. The number of nitrogens with two attached hydrogens (primary N) is 1. The van der Waals surface area contributed by atoms with E-state index in [4.69, 9.17) is 5.73 Å². The van der Waals surface area contributed by atoms with Crippen LogP contribution >= 0.6 is 0 Å². The van der Waals surface area contributed by atoms with Gasteiger partial charge >= 0.3 is 0 Å². The van der Waals surface area contributed by atoms with Crippen molar-refractivity contribution in [2.45, 2.75) is 37.8 Å². The molecule has 1 heterocycles. The van der Waals surface area contributed by atoms with Crippen molar-refractivity contribution in [2.75, 3.05) is 0 Å². The summed E-state index contributed by atoms with van der Waals surface area (Å²) >= 11 is 0. The molecule has 1 aliphatic rings. The lowest BCUT2D eigenvalue weighted by atomic mass is 9.92. The summed E-state index contributed by atoms with van der Waals surface area (Å²) in [6.07, 6.45) is 5.76. The number of fused-ring (bicyclic) bond motifs is 1. The van der Waals surface area contributed by atoms with Crippen molar-refractivity contribution < 1.29 is 0 Å². The van der Waals surface area contributed by atoms with Crippen LogP contribution in [0.25, 0.3) is 10.8 Å². The molecule has 0 bridgehead atoms. The maximum absolute atomic E-state index is 12.4. The lowest BCUT2D eigenvalue weighted by molar-refractivity contribution is 0.293. The standard InChI is InChI=1S/C14H17N3O/c15-11-5-3-6-12(8-11)17-14(18)13-7-2-1-4-10(13)9-16-17/h1-2,4,7,9,11-12H,3,5-6,8,15H2. The second-order valence-electron chi connectivity index (χ2n) is 5.06. The van der Waals surface area contributed by atoms with Gasteiger partial charge in [-0.3, -0.25) is 4.79 Å². The molecule has 1 aromatic heterocycles. The van der Waals surface area contributed by atoms with Crippen LogP contribution in [0.15, 0.2) is 35.3 Å². The van der Waals surface area contributed by atoms with E-state index in [1.54, 1.807) is 10.9 Å². The lowest BCUT2D eigenvalue weighted by Gasteiger charge is -2.27. The summed E-state index contributed by atoms with van der Waals surface area (Å²) in [5.41, 5.74) is 5.99. The van der Waals surface area contributed by atoms with Crippen molar-refractivity contribution in [1.29, 1.82) is 0 Å². The smallest absolute Gasteiger partial charge is 0.274 e. The van der Waals surface area contributed by atoms with Crippen LogP contribution in [-0.4, -0.2) is 15.8 Å². The van der Waals surface area contributed by atoms with Crippen molar-refractivity contribution >= 4 is 10.8 Å². The van der Waals surface area contributed by atoms with Crippen LogP contribution in [0.3, 0.4) is 0 Å². The number of nitrogens with zero attached hydrogens (tertiary/aromatic N) is 2. The Balaban J connectivity index is 2.07. The van der Waals surface area contributed by atoms with Crippen molar-refractivity contribution in [1.82, 2.24) is 9.78 Å². The second-order valence-corrected chi connectivity index (χ2v) is 5.06. The fourth-order valence-electron chi connectivity index (χ4n) is 2.79. The van der Waals surface area contributed by atoms with Crippen molar-refractivity contribution in [3.63, 3.8) is 0 Å². The number of aromatic nitrogens is 2. The molecule has 4 heteroatoms. The number of hydrogen-bond donors (Lipinski definition) is 1. The Morgan fingerprint density at radius 2 is 2.11 bits per heavy atom. The van der Waals surface area contributed by atoms with Gasteiger partial charge in [0, 0.05) is 11.4 Å². The third kappa shape index (κ3) is 1.93. The van der Waals surface area contributed by atoms with E-state index in [-0.39, 0.29) is 17.6 Å². The van der Waals surface area contributed by atoms with E-state index in [2.05, 4.69) is 5.10 Å². The summed E-state index contributed by atoms with van der Waals surface area (Å²) < 4.78 is 1.63. The Morgan fingerprint density at radius 3 is 2.94 bits per heavy atom. The van der Waals surface area contributed by atoms with Gasteiger partial charge in [0.25, 0.3) is 5.56 Å². The first kappa shape index (κ1) is 11.4. The normalized spacial score (nSPS) is 24.3. The SMILES string of the molecule is NC1CCCC(n2ncc3ccccc3c2=O)C1. The molecule has 18 heavy (non-hydrogen) atoms. The van der Waals surface area contributed by atoms with Crippen LogP contribution in [0.4, 0.5) is 0 Å². The summed E-state index contributed by atoms with van der Waals surface area (Å²) in [4.78, 5) is 12.4. The predicted octanol–water partition coefficient (Wildman–Crippen LogP) is 1.84. The summed E-state index contributed by atoms with van der Waals surface area (Å²) in [6, 6.07) is 7.94. The molecule has 1 aliphatic carbocycles. The monoisotopic (exact) mass is 243 g/mol.